The van der Waals surface area contributed by atoms with Crippen molar-refractivity contribution in [3.05, 3.63) is 57.5 Å². The van der Waals surface area contributed by atoms with E-state index in [2.05, 4.69) is 33.4 Å². The van der Waals surface area contributed by atoms with Crippen molar-refractivity contribution >= 4 is 45.0 Å². The van der Waals surface area contributed by atoms with Crippen LogP contribution >= 0.6 is 39.3 Å². The van der Waals surface area contributed by atoms with Gasteiger partial charge in [0, 0.05) is 15.1 Å². The second-order valence-electron chi connectivity index (χ2n) is 4.97. The molecule has 0 fully saturated rings. The van der Waals surface area contributed by atoms with Gasteiger partial charge in [-0.15, -0.1) is 11.8 Å². The fourth-order valence-electron chi connectivity index (χ4n) is 2.05. The molecule has 0 spiro atoms. The Bertz CT molecular complexity index is 620. The average Bonchev–Trinajstić information content (AvgIpc) is 2.51. The first-order chi connectivity index (χ1) is 9.98. The molecule has 0 aliphatic carbocycles. The van der Waals surface area contributed by atoms with E-state index >= 15 is 0 Å². The molecule has 2 nitrogen and oxygen atoms in total. The van der Waals surface area contributed by atoms with Crippen molar-refractivity contribution in [2.75, 3.05) is 18.2 Å². The van der Waals surface area contributed by atoms with Crippen molar-refractivity contribution in [2.45, 2.75) is 17.4 Å². The third kappa shape index (κ3) is 3.95. The molecule has 112 valence electrons. The molecular weight excluding hydrogens is 370 g/mol. The highest BCUT2D eigenvalue weighted by Crippen LogP contribution is 2.31. The molecule has 2 aromatic rings. The predicted molar refractivity (Wildman–Crippen MR) is 95.4 cm³/mol. The summed E-state index contributed by atoms with van der Waals surface area (Å²) in [5.41, 5.74) is 1.38. The largest absolute Gasteiger partial charge is 0.394 e. The Labute approximate surface area is 143 Å². The van der Waals surface area contributed by atoms with E-state index in [1.54, 1.807) is 11.8 Å². The molecule has 2 aromatic carbocycles. The van der Waals surface area contributed by atoms with Gasteiger partial charge in [-0.05, 0) is 65.0 Å². The summed E-state index contributed by atoms with van der Waals surface area (Å²) >= 11 is 11.1. The van der Waals surface area contributed by atoms with Crippen molar-refractivity contribution in [3.63, 3.8) is 0 Å². The van der Waals surface area contributed by atoms with E-state index in [9.17, 15) is 5.11 Å². The molecule has 0 aliphatic rings. The van der Waals surface area contributed by atoms with E-state index < -0.39 is 5.54 Å². The maximum Gasteiger partial charge on any atom is 0.0828 e. The highest BCUT2D eigenvalue weighted by atomic mass is 79.9. The zero-order valence-electron chi connectivity index (χ0n) is 11.9. The Hall–Kier alpha value is -0.680. The first kappa shape index (κ1) is 16.7. The molecule has 5 heteroatoms. The van der Waals surface area contributed by atoms with Crippen LogP contribution in [0.5, 0.6) is 0 Å². The summed E-state index contributed by atoms with van der Waals surface area (Å²) in [5.74, 6) is 0. The van der Waals surface area contributed by atoms with E-state index in [1.807, 2.05) is 43.5 Å². The van der Waals surface area contributed by atoms with Gasteiger partial charge in [-0.3, -0.25) is 0 Å². The lowest BCUT2D eigenvalue weighted by Crippen LogP contribution is -2.35. The quantitative estimate of drug-likeness (QED) is 0.697. The topological polar surface area (TPSA) is 32.3 Å². The van der Waals surface area contributed by atoms with Crippen LogP contribution in [0.1, 0.15) is 12.5 Å². The van der Waals surface area contributed by atoms with Crippen LogP contribution in [0.15, 0.2) is 51.8 Å². The molecular formula is C16H17BrClNOS. The fraction of sp³-hybridized carbons (Fsp3) is 0.250. The molecule has 0 bridgehead atoms. The Kier molecular flexibility index (Phi) is 5.60. The first-order valence-electron chi connectivity index (χ1n) is 6.47. The molecule has 0 heterocycles. The van der Waals surface area contributed by atoms with Crippen LogP contribution in [0, 0.1) is 0 Å². The minimum absolute atomic E-state index is 0.00808. The molecule has 2 rings (SSSR count). The maximum atomic E-state index is 9.84. The van der Waals surface area contributed by atoms with Gasteiger partial charge in [-0.1, -0.05) is 23.7 Å². The van der Waals surface area contributed by atoms with Crippen molar-refractivity contribution in [2.24, 2.45) is 0 Å². The summed E-state index contributed by atoms with van der Waals surface area (Å²) in [4.78, 5) is 1.20. The van der Waals surface area contributed by atoms with Gasteiger partial charge in [0.05, 0.1) is 17.2 Å². The van der Waals surface area contributed by atoms with Gasteiger partial charge in [0.15, 0.2) is 0 Å². The van der Waals surface area contributed by atoms with Crippen LogP contribution in [0.3, 0.4) is 0 Å². The number of hydrogen-bond donors (Lipinski definition) is 2. The summed E-state index contributed by atoms with van der Waals surface area (Å²) in [5, 5.41) is 13.9. The van der Waals surface area contributed by atoms with E-state index in [0.717, 1.165) is 15.7 Å². The van der Waals surface area contributed by atoms with Crippen molar-refractivity contribution in [3.8, 4) is 0 Å². The van der Waals surface area contributed by atoms with Crippen molar-refractivity contribution < 1.29 is 5.11 Å². The second kappa shape index (κ2) is 7.05. The van der Waals surface area contributed by atoms with E-state index in [1.165, 1.54) is 4.90 Å². The zero-order valence-corrected chi connectivity index (χ0v) is 15.0. The summed E-state index contributed by atoms with van der Waals surface area (Å²) in [7, 11) is 0. The number of anilines is 1. The van der Waals surface area contributed by atoms with E-state index in [0.29, 0.717) is 5.02 Å². The Morgan fingerprint density at radius 2 is 1.90 bits per heavy atom. The van der Waals surface area contributed by atoms with Gasteiger partial charge in [0.1, 0.15) is 0 Å². The maximum absolute atomic E-state index is 9.84. The van der Waals surface area contributed by atoms with Crippen LogP contribution in [-0.2, 0) is 5.54 Å². The summed E-state index contributed by atoms with van der Waals surface area (Å²) in [6.45, 7) is 1.97. The van der Waals surface area contributed by atoms with E-state index in [4.69, 9.17) is 11.6 Å². The lowest BCUT2D eigenvalue weighted by molar-refractivity contribution is 0.224. The molecule has 0 saturated heterocycles. The molecule has 0 radical (unpaired) electrons. The number of aliphatic hydroxyl groups excluding tert-OH is 1. The smallest absolute Gasteiger partial charge is 0.0828 e. The zero-order chi connectivity index (χ0) is 15.5. The molecule has 21 heavy (non-hydrogen) atoms. The molecule has 1 unspecified atom stereocenters. The highest BCUT2D eigenvalue weighted by molar-refractivity contribution is 9.10. The van der Waals surface area contributed by atoms with Crippen molar-refractivity contribution in [1.29, 1.82) is 0 Å². The molecule has 0 amide bonds. The Morgan fingerprint density at radius 3 is 2.43 bits per heavy atom. The molecule has 0 aliphatic heterocycles. The third-order valence-electron chi connectivity index (χ3n) is 3.38. The van der Waals surface area contributed by atoms with E-state index in [-0.39, 0.29) is 6.61 Å². The highest BCUT2D eigenvalue weighted by Gasteiger charge is 2.25. The van der Waals surface area contributed by atoms with Gasteiger partial charge >= 0.3 is 0 Å². The number of halogens is 2. The molecule has 0 saturated carbocycles. The minimum atomic E-state index is -0.551. The number of rotatable bonds is 5. The lowest BCUT2D eigenvalue weighted by Gasteiger charge is -2.31. The summed E-state index contributed by atoms with van der Waals surface area (Å²) < 4.78 is 0.826. The molecule has 2 N–H and O–H groups in total. The van der Waals surface area contributed by atoms with Gasteiger partial charge in [0.25, 0.3) is 0 Å². The van der Waals surface area contributed by atoms with Crippen LogP contribution in [0.25, 0.3) is 0 Å². The molecule has 1 atom stereocenters. The normalized spacial score (nSPS) is 13.8. The second-order valence-corrected chi connectivity index (χ2v) is 7.11. The Balaban J connectivity index is 2.29. The molecule has 0 aromatic heterocycles. The number of hydrogen-bond acceptors (Lipinski definition) is 3. The SMILES string of the molecule is CSc1ccc(C(C)(CO)Nc2ccc(Cl)c(Br)c2)cc1. The van der Waals surface area contributed by atoms with Gasteiger partial charge in [0.2, 0.25) is 0 Å². The summed E-state index contributed by atoms with van der Waals surface area (Å²) in [6, 6.07) is 13.8. The monoisotopic (exact) mass is 385 g/mol. The Morgan fingerprint density at radius 1 is 1.24 bits per heavy atom. The van der Waals surface area contributed by atoms with Crippen LogP contribution in [0.4, 0.5) is 5.69 Å². The number of benzene rings is 2. The van der Waals surface area contributed by atoms with Crippen LogP contribution in [0.2, 0.25) is 5.02 Å². The number of nitrogens with one attached hydrogen (secondary N) is 1. The number of aliphatic hydroxyl groups is 1. The average molecular weight is 387 g/mol. The minimum Gasteiger partial charge on any atom is -0.394 e. The predicted octanol–water partition coefficient (Wildman–Crippen LogP) is 5.14. The van der Waals surface area contributed by atoms with Gasteiger partial charge in [-0.2, -0.15) is 0 Å². The standard InChI is InChI=1S/C16H17BrClNOS/c1-16(10-20,11-3-6-13(21-2)7-4-11)19-12-5-8-15(18)14(17)9-12/h3-9,19-20H,10H2,1-2H3. The van der Waals surface area contributed by atoms with Crippen LogP contribution in [-0.4, -0.2) is 18.0 Å². The van der Waals surface area contributed by atoms with Crippen LogP contribution < -0.4 is 5.32 Å². The number of thioether (sulfide) groups is 1. The summed E-state index contributed by atoms with van der Waals surface area (Å²) in [6.07, 6.45) is 2.05. The van der Waals surface area contributed by atoms with Crippen molar-refractivity contribution in [1.82, 2.24) is 0 Å². The fourth-order valence-corrected chi connectivity index (χ4v) is 2.96. The first-order valence-corrected chi connectivity index (χ1v) is 8.87. The lowest BCUT2D eigenvalue weighted by atomic mass is 9.92. The third-order valence-corrected chi connectivity index (χ3v) is 5.34. The van der Waals surface area contributed by atoms with Gasteiger partial charge in [-0.25, -0.2) is 0 Å². The van der Waals surface area contributed by atoms with Gasteiger partial charge < -0.3 is 10.4 Å².